The highest BCUT2D eigenvalue weighted by atomic mass is 35.5. The standard InChI is InChI=1S/C20H23ClFN3OS/c1-14-3-6-19(26-2)18(11-14)23-20(27)25-9-7-24(8-10-25)13-15-4-5-16(22)12-17(15)21/h3-6,11-12H,7-10,13H2,1-2H3,(H,23,27). The van der Waals surface area contributed by atoms with E-state index in [-0.39, 0.29) is 5.82 Å². The zero-order chi connectivity index (χ0) is 19.4. The zero-order valence-corrected chi connectivity index (χ0v) is 17.0. The Balaban J connectivity index is 1.56. The smallest absolute Gasteiger partial charge is 0.173 e. The minimum atomic E-state index is -0.309. The molecule has 0 saturated carbocycles. The number of nitrogens with zero attached hydrogens (tertiary/aromatic N) is 2. The monoisotopic (exact) mass is 407 g/mol. The Bertz CT molecular complexity index is 825. The summed E-state index contributed by atoms with van der Waals surface area (Å²) < 4.78 is 18.6. The summed E-state index contributed by atoms with van der Waals surface area (Å²) in [6, 6.07) is 10.5. The molecule has 4 nitrogen and oxygen atoms in total. The second-order valence-corrected chi connectivity index (χ2v) is 7.43. The van der Waals surface area contributed by atoms with Gasteiger partial charge in [0.15, 0.2) is 5.11 Å². The van der Waals surface area contributed by atoms with E-state index in [9.17, 15) is 4.39 Å². The van der Waals surface area contributed by atoms with Gasteiger partial charge in [0.25, 0.3) is 0 Å². The van der Waals surface area contributed by atoms with Crippen LogP contribution in [-0.2, 0) is 6.54 Å². The van der Waals surface area contributed by atoms with Crippen LogP contribution in [0, 0.1) is 12.7 Å². The third-order valence-corrected chi connectivity index (χ3v) is 5.38. The largest absolute Gasteiger partial charge is 0.495 e. The van der Waals surface area contributed by atoms with E-state index in [1.807, 2.05) is 25.1 Å². The van der Waals surface area contributed by atoms with Crippen molar-refractivity contribution in [2.75, 3.05) is 38.6 Å². The van der Waals surface area contributed by atoms with Crippen molar-refractivity contribution in [3.63, 3.8) is 0 Å². The lowest BCUT2D eigenvalue weighted by Crippen LogP contribution is -2.49. The number of halogens is 2. The molecule has 27 heavy (non-hydrogen) atoms. The normalized spacial score (nSPS) is 14.9. The van der Waals surface area contributed by atoms with Crippen LogP contribution in [0.2, 0.25) is 5.02 Å². The molecule has 2 aromatic rings. The highest BCUT2D eigenvalue weighted by Crippen LogP contribution is 2.26. The summed E-state index contributed by atoms with van der Waals surface area (Å²) in [5.74, 6) is 0.462. The minimum Gasteiger partial charge on any atom is -0.495 e. The third-order valence-electron chi connectivity index (χ3n) is 4.67. The first-order valence-corrected chi connectivity index (χ1v) is 9.62. The van der Waals surface area contributed by atoms with E-state index in [4.69, 9.17) is 28.6 Å². The molecule has 0 aromatic heterocycles. The number of piperazine rings is 1. The van der Waals surface area contributed by atoms with Gasteiger partial charge in [0.05, 0.1) is 12.8 Å². The number of hydrogen-bond acceptors (Lipinski definition) is 3. The van der Waals surface area contributed by atoms with Gasteiger partial charge in [-0.25, -0.2) is 4.39 Å². The molecule has 1 N–H and O–H groups in total. The van der Waals surface area contributed by atoms with Gasteiger partial charge in [0, 0.05) is 37.7 Å². The van der Waals surface area contributed by atoms with Crippen LogP contribution < -0.4 is 10.1 Å². The molecule has 7 heteroatoms. The maximum absolute atomic E-state index is 13.2. The van der Waals surface area contributed by atoms with Gasteiger partial charge in [0.1, 0.15) is 11.6 Å². The van der Waals surface area contributed by atoms with Gasteiger partial charge >= 0.3 is 0 Å². The first-order chi connectivity index (χ1) is 13.0. The Kier molecular flexibility index (Phi) is 6.52. The number of anilines is 1. The van der Waals surface area contributed by atoms with E-state index < -0.39 is 0 Å². The Hall–Kier alpha value is -1.89. The average molecular weight is 408 g/mol. The fourth-order valence-corrected chi connectivity index (χ4v) is 3.63. The molecule has 3 rings (SSSR count). The second kappa shape index (κ2) is 8.87. The zero-order valence-electron chi connectivity index (χ0n) is 15.5. The molecule has 1 saturated heterocycles. The maximum atomic E-state index is 13.2. The predicted octanol–water partition coefficient (Wildman–Crippen LogP) is 4.31. The van der Waals surface area contributed by atoms with Gasteiger partial charge in [-0.2, -0.15) is 0 Å². The highest BCUT2D eigenvalue weighted by Gasteiger charge is 2.20. The summed E-state index contributed by atoms with van der Waals surface area (Å²) in [4.78, 5) is 4.45. The van der Waals surface area contributed by atoms with Crippen LogP contribution in [0.3, 0.4) is 0 Å². The molecular formula is C20H23ClFN3OS. The number of aryl methyl sites for hydroxylation is 1. The summed E-state index contributed by atoms with van der Waals surface area (Å²) in [5, 5.41) is 4.47. The van der Waals surface area contributed by atoms with E-state index >= 15 is 0 Å². The van der Waals surface area contributed by atoms with Crippen LogP contribution in [0.1, 0.15) is 11.1 Å². The molecule has 0 unspecified atom stereocenters. The van der Waals surface area contributed by atoms with E-state index in [1.165, 1.54) is 12.1 Å². The first-order valence-electron chi connectivity index (χ1n) is 8.83. The molecule has 1 aliphatic heterocycles. The summed E-state index contributed by atoms with van der Waals surface area (Å²) in [6.07, 6.45) is 0. The van der Waals surface area contributed by atoms with E-state index in [2.05, 4.69) is 15.1 Å². The SMILES string of the molecule is COc1ccc(C)cc1NC(=S)N1CCN(Cc2ccc(F)cc2Cl)CC1. The lowest BCUT2D eigenvalue weighted by Gasteiger charge is -2.36. The van der Waals surface area contributed by atoms with Gasteiger partial charge in [-0.1, -0.05) is 23.7 Å². The van der Waals surface area contributed by atoms with E-state index in [0.717, 1.165) is 48.7 Å². The van der Waals surface area contributed by atoms with Crippen LogP contribution in [-0.4, -0.2) is 48.2 Å². The Morgan fingerprint density at radius 2 is 1.93 bits per heavy atom. The van der Waals surface area contributed by atoms with Crippen molar-refractivity contribution in [3.8, 4) is 5.75 Å². The lowest BCUT2D eigenvalue weighted by atomic mass is 10.2. The van der Waals surface area contributed by atoms with Gasteiger partial charge < -0.3 is 15.0 Å². The van der Waals surface area contributed by atoms with Crippen molar-refractivity contribution in [1.29, 1.82) is 0 Å². The van der Waals surface area contributed by atoms with Crippen molar-refractivity contribution < 1.29 is 9.13 Å². The fourth-order valence-electron chi connectivity index (χ4n) is 3.11. The van der Waals surface area contributed by atoms with E-state index in [0.29, 0.717) is 16.7 Å². The number of nitrogens with one attached hydrogen (secondary N) is 1. The lowest BCUT2D eigenvalue weighted by molar-refractivity contribution is 0.177. The molecule has 0 aliphatic carbocycles. The molecule has 0 radical (unpaired) electrons. The van der Waals surface area contributed by atoms with Crippen molar-refractivity contribution in [2.45, 2.75) is 13.5 Å². The molecule has 1 aliphatic rings. The second-order valence-electron chi connectivity index (χ2n) is 6.63. The van der Waals surface area contributed by atoms with Crippen LogP contribution in [0.15, 0.2) is 36.4 Å². The number of benzene rings is 2. The molecule has 0 amide bonds. The maximum Gasteiger partial charge on any atom is 0.173 e. The van der Waals surface area contributed by atoms with Crippen LogP contribution >= 0.6 is 23.8 Å². The van der Waals surface area contributed by atoms with Crippen LogP contribution in [0.4, 0.5) is 10.1 Å². The molecular weight excluding hydrogens is 385 g/mol. The Morgan fingerprint density at radius 1 is 1.19 bits per heavy atom. The molecule has 1 fully saturated rings. The molecule has 1 heterocycles. The van der Waals surface area contributed by atoms with Gasteiger partial charge in [0.2, 0.25) is 0 Å². The van der Waals surface area contributed by atoms with Crippen molar-refractivity contribution >= 4 is 34.6 Å². The first kappa shape index (κ1) is 19.9. The Morgan fingerprint density at radius 3 is 2.59 bits per heavy atom. The minimum absolute atomic E-state index is 0.309. The molecule has 0 bridgehead atoms. The third kappa shape index (κ3) is 5.09. The number of hydrogen-bond donors (Lipinski definition) is 1. The van der Waals surface area contributed by atoms with Crippen LogP contribution in [0.5, 0.6) is 5.75 Å². The Labute approximate surface area is 169 Å². The fraction of sp³-hybridized carbons (Fsp3) is 0.350. The molecule has 2 aromatic carbocycles. The summed E-state index contributed by atoms with van der Waals surface area (Å²) in [5.41, 5.74) is 2.96. The number of rotatable bonds is 4. The molecule has 144 valence electrons. The average Bonchev–Trinajstić information content (AvgIpc) is 2.65. The van der Waals surface area contributed by atoms with Gasteiger partial charge in [-0.05, 0) is 54.5 Å². The highest BCUT2D eigenvalue weighted by molar-refractivity contribution is 7.80. The van der Waals surface area contributed by atoms with Gasteiger partial charge in [-0.3, -0.25) is 4.90 Å². The quantitative estimate of drug-likeness (QED) is 0.762. The summed E-state index contributed by atoms with van der Waals surface area (Å²) in [6.45, 7) is 6.10. The van der Waals surface area contributed by atoms with Crippen molar-refractivity contribution in [1.82, 2.24) is 9.80 Å². The van der Waals surface area contributed by atoms with Gasteiger partial charge in [-0.15, -0.1) is 0 Å². The van der Waals surface area contributed by atoms with E-state index in [1.54, 1.807) is 13.2 Å². The molecule has 0 spiro atoms. The van der Waals surface area contributed by atoms with Crippen molar-refractivity contribution in [3.05, 3.63) is 58.4 Å². The summed E-state index contributed by atoms with van der Waals surface area (Å²) >= 11 is 11.7. The predicted molar refractivity (Wildman–Crippen MR) is 112 cm³/mol. The number of methoxy groups -OCH3 is 1. The summed E-state index contributed by atoms with van der Waals surface area (Å²) in [7, 11) is 1.65. The topological polar surface area (TPSA) is 27.7 Å². The van der Waals surface area contributed by atoms with Crippen molar-refractivity contribution in [2.24, 2.45) is 0 Å². The number of thiocarbonyl (C=S) groups is 1. The number of ether oxygens (including phenoxy) is 1. The molecule has 0 atom stereocenters. The van der Waals surface area contributed by atoms with Crippen LogP contribution in [0.25, 0.3) is 0 Å².